The Kier molecular flexibility index (Phi) is 6.43. The van der Waals surface area contributed by atoms with E-state index in [1.54, 1.807) is 23.5 Å². The van der Waals surface area contributed by atoms with Gasteiger partial charge in [-0.2, -0.15) is 0 Å². The minimum atomic E-state index is -0.176. The Bertz CT molecular complexity index is 675. The molecule has 0 saturated heterocycles. The summed E-state index contributed by atoms with van der Waals surface area (Å²) in [4.78, 5) is 16.7. The molecule has 0 saturated carbocycles. The quantitative estimate of drug-likeness (QED) is 0.742. The SMILES string of the molecule is COc1cc(C(=O)NCCCc2nc(C)cs2)cc(OC)c1OC. The molecule has 1 aromatic heterocycles. The van der Waals surface area contributed by atoms with Crippen LogP contribution in [0.4, 0.5) is 0 Å². The number of hydrogen-bond donors (Lipinski definition) is 1. The number of aryl methyl sites for hydroxylation is 2. The number of aromatic nitrogens is 1. The van der Waals surface area contributed by atoms with Crippen molar-refractivity contribution in [1.82, 2.24) is 10.3 Å². The topological polar surface area (TPSA) is 69.7 Å². The van der Waals surface area contributed by atoms with Crippen LogP contribution < -0.4 is 19.5 Å². The summed E-state index contributed by atoms with van der Waals surface area (Å²) in [5, 5.41) is 6.03. The third kappa shape index (κ3) is 4.38. The smallest absolute Gasteiger partial charge is 0.251 e. The highest BCUT2D eigenvalue weighted by molar-refractivity contribution is 7.09. The molecule has 0 unspecified atom stereocenters. The Morgan fingerprint density at radius 1 is 1.17 bits per heavy atom. The lowest BCUT2D eigenvalue weighted by Gasteiger charge is -2.14. The lowest BCUT2D eigenvalue weighted by molar-refractivity contribution is 0.0952. The summed E-state index contributed by atoms with van der Waals surface area (Å²) in [6.45, 7) is 2.56. The maximum atomic E-state index is 12.3. The van der Waals surface area contributed by atoms with Gasteiger partial charge in [-0.3, -0.25) is 4.79 Å². The normalized spacial score (nSPS) is 10.3. The number of nitrogens with one attached hydrogen (secondary N) is 1. The molecule has 24 heavy (non-hydrogen) atoms. The maximum absolute atomic E-state index is 12.3. The first-order valence-corrected chi connectivity index (χ1v) is 8.46. The number of thiazole rings is 1. The van der Waals surface area contributed by atoms with Crippen molar-refractivity contribution in [2.24, 2.45) is 0 Å². The minimum Gasteiger partial charge on any atom is -0.493 e. The van der Waals surface area contributed by atoms with Gasteiger partial charge in [0.15, 0.2) is 11.5 Å². The second-order valence-corrected chi connectivity index (χ2v) is 6.10. The van der Waals surface area contributed by atoms with Gasteiger partial charge in [-0.15, -0.1) is 11.3 Å². The van der Waals surface area contributed by atoms with Crippen LogP contribution in [-0.4, -0.2) is 38.8 Å². The zero-order valence-electron chi connectivity index (χ0n) is 14.3. The summed E-state index contributed by atoms with van der Waals surface area (Å²) in [5.41, 5.74) is 1.51. The largest absolute Gasteiger partial charge is 0.493 e. The van der Waals surface area contributed by atoms with Crippen molar-refractivity contribution in [3.63, 3.8) is 0 Å². The highest BCUT2D eigenvalue weighted by Crippen LogP contribution is 2.38. The number of methoxy groups -OCH3 is 3. The summed E-state index contributed by atoms with van der Waals surface area (Å²) in [7, 11) is 4.57. The highest BCUT2D eigenvalue weighted by atomic mass is 32.1. The maximum Gasteiger partial charge on any atom is 0.251 e. The highest BCUT2D eigenvalue weighted by Gasteiger charge is 2.16. The molecule has 2 rings (SSSR count). The van der Waals surface area contributed by atoms with Gasteiger partial charge in [0.05, 0.1) is 26.3 Å². The van der Waals surface area contributed by atoms with Crippen LogP contribution in [0.3, 0.4) is 0 Å². The van der Waals surface area contributed by atoms with Crippen LogP contribution in [0.5, 0.6) is 17.2 Å². The summed E-state index contributed by atoms with van der Waals surface area (Å²) in [5.74, 6) is 1.21. The molecule has 6 nitrogen and oxygen atoms in total. The molecule has 0 bridgehead atoms. The lowest BCUT2D eigenvalue weighted by atomic mass is 10.1. The van der Waals surface area contributed by atoms with Crippen molar-refractivity contribution in [3.8, 4) is 17.2 Å². The number of ether oxygens (including phenoxy) is 3. The first kappa shape index (κ1) is 18.1. The second kappa shape index (κ2) is 8.54. The Balaban J connectivity index is 1.96. The summed E-state index contributed by atoms with van der Waals surface area (Å²) < 4.78 is 15.8. The van der Waals surface area contributed by atoms with Crippen molar-refractivity contribution in [3.05, 3.63) is 33.8 Å². The van der Waals surface area contributed by atoms with E-state index >= 15 is 0 Å². The van der Waals surface area contributed by atoms with Crippen LogP contribution >= 0.6 is 11.3 Å². The molecule has 0 aliphatic carbocycles. The van der Waals surface area contributed by atoms with Gasteiger partial charge in [-0.25, -0.2) is 4.98 Å². The molecule has 1 amide bonds. The number of carbonyl (C=O) groups is 1. The summed E-state index contributed by atoms with van der Waals surface area (Å²) >= 11 is 1.65. The van der Waals surface area contributed by atoms with Crippen molar-refractivity contribution >= 4 is 17.2 Å². The van der Waals surface area contributed by atoms with E-state index in [0.29, 0.717) is 29.4 Å². The molecule has 1 N–H and O–H groups in total. The van der Waals surface area contributed by atoms with E-state index in [-0.39, 0.29) is 5.91 Å². The molecular formula is C17H22N2O4S. The second-order valence-electron chi connectivity index (χ2n) is 5.16. The van der Waals surface area contributed by atoms with E-state index in [0.717, 1.165) is 23.5 Å². The molecule has 0 aliphatic heterocycles. The molecule has 1 heterocycles. The first-order valence-electron chi connectivity index (χ1n) is 7.58. The number of benzene rings is 1. The monoisotopic (exact) mass is 350 g/mol. The fourth-order valence-electron chi connectivity index (χ4n) is 2.27. The Morgan fingerprint density at radius 3 is 2.33 bits per heavy atom. The Labute approximate surface area is 145 Å². The third-order valence-electron chi connectivity index (χ3n) is 3.45. The van der Waals surface area contributed by atoms with Crippen molar-refractivity contribution in [1.29, 1.82) is 0 Å². The molecule has 0 spiro atoms. The Morgan fingerprint density at radius 2 is 1.83 bits per heavy atom. The van der Waals surface area contributed by atoms with Crippen molar-refractivity contribution < 1.29 is 19.0 Å². The summed E-state index contributed by atoms with van der Waals surface area (Å²) in [6.07, 6.45) is 1.69. The van der Waals surface area contributed by atoms with Gasteiger partial charge in [-0.05, 0) is 25.5 Å². The van der Waals surface area contributed by atoms with Crippen LogP contribution in [0.25, 0.3) is 0 Å². The number of amides is 1. The average Bonchev–Trinajstić information content (AvgIpc) is 3.02. The number of hydrogen-bond acceptors (Lipinski definition) is 6. The fraction of sp³-hybridized carbons (Fsp3) is 0.412. The van der Waals surface area contributed by atoms with Crippen LogP contribution in [0, 0.1) is 6.92 Å². The van der Waals surface area contributed by atoms with Gasteiger partial charge in [0, 0.05) is 29.6 Å². The van der Waals surface area contributed by atoms with Gasteiger partial charge < -0.3 is 19.5 Å². The first-order chi connectivity index (χ1) is 11.6. The van der Waals surface area contributed by atoms with E-state index in [1.807, 2.05) is 12.3 Å². The Hall–Kier alpha value is -2.28. The number of rotatable bonds is 8. The predicted octanol–water partition coefficient (Wildman–Crippen LogP) is 2.84. The molecule has 130 valence electrons. The average molecular weight is 350 g/mol. The van der Waals surface area contributed by atoms with Gasteiger partial charge in [-0.1, -0.05) is 0 Å². The standard InChI is InChI=1S/C17H22N2O4S/c1-11-10-24-15(19-11)6-5-7-18-17(20)12-8-13(21-2)16(23-4)14(9-12)22-3/h8-10H,5-7H2,1-4H3,(H,18,20). The number of carbonyl (C=O) groups excluding carboxylic acids is 1. The zero-order valence-corrected chi connectivity index (χ0v) is 15.2. The molecule has 7 heteroatoms. The minimum absolute atomic E-state index is 0.176. The summed E-state index contributed by atoms with van der Waals surface area (Å²) in [6, 6.07) is 3.28. The van der Waals surface area contributed by atoms with Crippen LogP contribution in [-0.2, 0) is 6.42 Å². The molecule has 0 fully saturated rings. The molecule has 2 aromatic rings. The van der Waals surface area contributed by atoms with Crippen molar-refractivity contribution in [2.45, 2.75) is 19.8 Å². The van der Waals surface area contributed by atoms with Gasteiger partial charge >= 0.3 is 0 Å². The molecule has 0 radical (unpaired) electrons. The lowest BCUT2D eigenvalue weighted by Crippen LogP contribution is -2.24. The van der Waals surface area contributed by atoms with E-state index in [4.69, 9.17) is 14.2 Å². The molecule has 0 aliphatic rings. The van der Waals surface area contributed by atoms with Crippen molar-refractivity contribution in [2.75, 3.05) is 27.9 Å². The van der Waals surface area contributed by atoms with Crippen LogP contribution in [0.15, 0.2) is 17.5 Å². The predicted molar refractivity (Wildman–Crippen MR) is 93.6 cm³/mol. The zero-order chi connectivity index (χ0) is 17.5. The van der Waals surface area contributed by atoms with Gasteiger partial charge in [0.2, 0.25) is 5.75 Å². The van der Waals surface area contributed by atoms with E-state index < -0.39 is 0 Å². The number of nitrogens with zero attached hydrogens (tertiary/aromatic N) is 1. The molecule has 1 aromatic carbocycles. The van der Waals surface area contributed by atoms with E-state index in [9.17, 15) is 4.79 Å². The van der Waals surface area contributed by atoms with Gasteiger partial charge in [0.1, 0.15) is 0 Å². The third-order valence-corrected chi connectivity index (χ3v) is 4.47. The molecule has 0 atom stereocenters. The van der Waals surface area contributed by atoms with E-state index in [2.05, 4.69) is 10.3 Å². The molecular weight excluding hydrogens is 328 g/mol. The van der Waals surface area contributed by atoms with Crippen LogP contribution in [0.1, 0.15) is 27.5 Å². The van der Waals surface area contributed by atoms with Gasteiger partial charge in [0.25, 0.3) is 5.91 Å². The van der Waals surface area contributed by atoms with Crippen LogP contribution in [0.2, 0.25) is 0 Å². The fourth-order valence-corrected chi connectivity index (χ4v) is 3.09. The van der Waals surface area contributed by atoms with E-state index in [1.165, 1.54) is 21.3 Å².